The van der Waals surface area contributed by atoms with Crippen molar-refractivity contribution in [2.24, 2.45) is 5.92 Å². The first kappa shape index (κ1) is 17.0. The third kappa shape index (κ3) is 5.43. The van der Waals surface area contributed by atoms with E-state index in [0.29, 0.717) is 18.0 Å². The van der Waals surface area contributed by atoms with E-state index in [2.05, 4.69) is 32.6 Å². The van der Waals surface area contributed by atoms with Crippen LogP contribution in [-0.2, 0) is 0 Å². The topological polar surface area (TPSA) is 23.5 Å². The molecule has 1 rings (SSSR count). The highest BCUT2D eigenvalue weighted by Gasteiger charge is 2.30. The van der Waals surface area contributed by atoms with E-state index in [4.69, 9.17) is 0 Å². The highest BCUT2D eigenvalue weighted by Crippen LogP contribution is 2.26. The van der Waals surface area contributed by atoms with Gasteiger partial charge < -0.3 is 5.11 Å². The fraction of sp³-hybridized carbons (Fsp3) is 1.00. The van der Waals surface area contributed by atoms with Crippen LogP contribution in [0, 0.1) is 5.92 Å². The van der Waals surface area contributed by atoms with Crippen molar-refractivity contribution in [1.29, 1.82) is 0 Å². The van der Waals surface area contributed by atoms with E-state index in [1.165, 1.54) is 44.9 Å². The summed E-state index contributed by atoms with van der Waals surface area (Å²) in [5.41, 5.74) is 0. The first-order chi connectivity index (χ1) is 9.10. The van der Waals surface area contributed by atoms with E-state index < -0.39 is 0 Å². The lowest BCUT2D eigenvalue weighted by atomic mass is 9.91. The summed E-state index contributed by atoms with van der Waals surface area (Å²) in [4.78, 5) is 2.64. The third-order valence-electron chi connectivity index (χ3n) is 4.61. The van der Waals surface area contributed by atoms with Gasteiger partial charge >= 0.3 is 0 Å². The Morgan fingerprint density at radius 2 is 1.58 bits per heavy atom. The van der Waals surface area contributed by atoms with Crippen LogP contribution in [-0.4, -0.2) is 34.7 Å². The molecule has 1 fully saturated rings. The maximum atomic E-state index is 10.6. The molecule has 0 aromatic carbocycles. The van der Waals surface area contributed by atoms with Crippen molar-refractivity contribution in [1.82, 2.24) is 4.90 Å². The summed E-state index contributed by atoms with van der Waals surface area (Å²) in [5, 5.41) is 10.6. The molecule has 1 saturated carbocycles. The quantitative estimate of drug-likeness (QED) is 0.780. The van der Waals surface area contributed by atoms with Crippen molar-refractivity contribution in [2.75, 3.05) is 6.54 Å². The van der Waals surface area contributed by atoms with Gasteiger partial charge in [-0.2, -0.15) is 0 Å². The summed E-state index contributed by atoms with van der Waals surface area (Å²) in [6.07, 6.45) is 9.62. The van der Waals surface area contributed by atoms with Crippen molar-refractivity contribution >= 4 is 0 Å². The lowest BCUT2D eigenvalue weighted by Gasteiger charge is -2.41. The number of hydrogen-bond donors (Lipinski definition) is 1. The van der Waals surface area contributed by atoms with Crippen molar-refractivity contribution in [2.45, 2.75) is 97.2 Å². The summed E-state index contributed by atoms with van der Waals surface area (Å²) >= 11 is 0. The van der Waals surface area contributed by atoms with Crippen LogP contribution in [0.1, 0.15) is 79.1 Å². The third-order valence-corrected chi connectivity index (χ3v) is 4.61. The zero-order valence-corrected chi connectivity index (χ0v) is 13.6. The Morgan fingerprint density at radius 1 is 1.00 bits per heavy atom. The standard InChI is InChI=1S/C17H35NO/c1-5-15(6-2)18(13-14(3)4)16-11-9-7-8-10-12-17(16)19/h14-17,19H,5-13H2,1-4H3. The first-order valence-electron chi connectivity index (χ1n) is 8.53. The van der Waals surface area contributed by atoms with Gasteiger partial charge in [0.05, 0.1) is 6.10 Å². The zero-order chi connectivity index (χ0) is 14.3. The van der Waals surface area contributed by atoms with E-state index >= 15 is 0 Å². The molecule has 2 unspecified atom stereocenters. The monoisotopic (exact) mass is 269 g/mol. The van der Waals surface area contributed by atoms with Crippen molar-refractivity contribution in [3.63, 3.8) is 0 Å². The molecule has 0 heterocycles. The summed E-state index contributed by atoms with van der Waals surface area (Å²) in [6, 6.07) is 1.04. The van der Waals surface area contributed by atoms with Gasteiger partial charge in [-0.3, -0.25) is 4.90 Å². The first-order valence-corrected chi connectivity index (χ1v) is 8.53. The Labute approximate surface area is 120 Å². The molecule has 1 aliphatic rings. The molecule has 0 amide bonds. The van der Waals surface area contributed by atoms with Gasteiger partial charge in [-0.25, -0.2) is 0 Å². The van der Waals surface area contributed by atoms with Crippen LogP contribution in [0.3, 0.4) is 0 Å². The molecule has 0 radical (unpaired) electrons. The summed E-state index contributed by atoms with van der Waals surface area (Å²) < 4.78 is 0. The molecule has 114 valence electrons. The summed E-state index contributed by atoms with van der Waals surface area (Å²) in [5.74, 6) is 0.679. The minimum absolute atomic E-state index is 0.111. The molecule has 2 atom stereocenters. The minimum Gasteiger partial charge on any atom is -0.391 e. The Morgan fingerprint density at radius 3 is 2.11 bits per heavy atom. The fourth-order valence-corrected chi connectivity index (χ4v) is 3.57. The molecule has 1 aliphatic carbocycles. The molecule has 0 saturated heterocycles. The maximum Gasteiger partial charge on any atom is 0.0695 e. The number of aliphatic hydroxyl groups is 1. The highest BCUT2D eigenvalue weighted by atomic mass is 16.3. The molecule has 0 aliphatic heterocycles. The zero-order valence-electron chi connectivity index (χ0n) is 13.6. The molecule has 19 heavy (non-hydrogen) atoms. The lowest BCUT2D eigenvalue weighted by Crippen LogP contribution is -2.50. The molecule has 0 aromatic heterocycles. The smallest absolute Gasteiger partial charge is 0.0695 e. The fourth-order valence-electron chi connectivity index (χ4n) is 3.57. The number of aliphatic hydroxyl groups excluding tert-OH is 1. The van der Waals surface area contributed by atoms with E-state index in [-0.39, 0.29) is 6.10 Å². The SMILES string of the molecule is CCC(CC)N(CC(C)C)C1CCCCCCC1O. The van der Waals surface area contributed by atoms with E-state index in [1.54, 1.807) is 0 Å². The Hall–Kier alpha value is -0.0800. The molecule has 0 bridgehead atoms. The van der Waals surface area contributed by atoms with Crippen LogP contribution in [0.4, 0.5) is 0 Å². The van der Waals surface area contributed by atoms with Crippen molar-refractivity contribution in [3.05, 3.63) is 0 Å². The highest BCUT2D eigenvalue weighted by molar-refractivity contribution is 4.85. The second-order valence-electron chi connectivity index (χ2n) is 6.69. The van der Waals surface area contributed by atoms with E-state index in [9.17, 15) is 5.11 Å². The lowest BCUT2D eigenvalue weighted by molar-refractivity contribution is 0.000141. The Bertz CT molecular complexity index is 225. The van der Waals surface area contributed by atoms with Gasteiger partial charge in [0.15, 0.2) is 0 Å². The van der Waals surface area contributed by atoms with Crippen LogP contribution in [0.5, 0.6) is 0 Å². The molecule has 2 heteroatoms. The van der Waals surface area contributed by atoms with Crippen LogP contribution < -0.4 is 0 Å². The van der Waals surface area contributed by atoms with Gasteiger partial charge in [0, 0.05) is 18.6 Å². The second-order valence-corrected chi connectivity index (χ2v) is 6.69. The van der Waals surface area contributed by atoms with E-state index in [0.717, 1.165) is 13.0 Å². The van der Waals surface area contributed by atoms with Crippen molar-refractivity contribution in [3.8, 4) is 0 Å². The normalized spacial score (nSPS) is 25.9. The molecular weight excluding hydrogens is 234 g/mol. The van der Waals surface area contributed by atoms with E-state index in [1.807, 2.05) is 0 Å². The largest absolute Gasteiger partial charge is 0.391 e. The van der Waals surface area contributed by atoms with Crippen LogP contribution >= 0.6 is 0 Å². The molecule has 1 N–H and O–H groups in total. The Kier molecular flexibility index (Phi) is 8.01. The minimum atomic E-state index is -0.111. The van der Waals surface area contributed by atoms with Crippen molar-refractivity contribution < 1.29 is 5.11 Å². The van der Waals surface area contributed by atoms with Gasteiger partial charge in [-0.1, -0.05) is 53.4 Å². The molecule has 0 spiro atoms. The Balaban J connectivity index is 2.78. The van der Waals surface area contributed by atoms with Crippen LogP contribution in [0.15, 0.2) is 0 Å². The van der Waals surface area contributed by atoms with Gasteiger partial charge in [0.2, 0.25) is 0 Å². The molecule has 2 nitrogen and oxygen atoms in total. The maximum absolute atomic E-state index is 10.6. The summed E-state index contributed by atoms with van der Waals surface area (Å²) in [6.45, 7) is 10.3. The van der Waals surface area contributed by atoms with Crippen LogP contribution in [0.2, 0.25) is 0 Å². The average molecular weight is 269 g/mol. The predicted octanol–water partition coefficient (Wildman–Crippen LogP) is 4.22. The van der Waals surface area contributed by atoms with Gasteiger partial charge in [-0.15, -0.1) is 0 Å². The summed E-state index contributed by atoms with van der Waals surface area (Å²) in [7, 11) is 0. The number of rotatable bonds is 6. The second kappa shape index (κ2) is 8.97. The molecular formula is C17H35NO. The number of nitrogens with zero attached hydrogens (tertiary/aromatic N) is 1. The average Bonchev–Trinajstić information content (AvgIpc) is 2.34. The van der Waals surface area contributed by atoms with Gasteiger partial charge in [-0.05, 0) is 31.6 Å². The predicted molar refractivity (Wildman–Crippen MR) is 83.4 cm³/mol. The van der Waals surface area contributed by atoms with Crippen LogP contribution in [0.25, 0.3) is 0 Å². The van der Waals surface area contributed by atoms with Gasteiger partial charge in [0.25, 0.3) is 0 Å². The van der Waals surface area contributed by atoms with Gasteiger partial charge in [0.1, 0.15) is 0 Å². The molecule has 0 aromatic rings. The number of hydrogen-bond acceptors (Lipinski definition) is 2.